The van der Waals surface area contributed by atoms with Crippen LogP contribution in [0.5, 0.6) is 0 Å². The second-order valence-electron chi connectivity index (χ2n) is 7.51. The van der Waals surface area contributed by atoms with Crippen LogP contribution in [0.4, 0.5) is 5.69 Å². The predicted octanol–water partition coefficient (Wildman–Crippen LogP) is 3.57. The van der Waals surface area contributed by atoms with Crippen LogP contribution in [0.2, 0.25) is 0 Å². The number of hydrogen-bond donors (Lipinski definition) is 0. The number of hydrogen-bond acceptors (Lipinski definition) is 3. The molecule has 1 amide bonds. The number of benzene rings is 1. The Kier molecular flexibility index (Phi) is 6.11. The van der Waals surface area contributed by atoms with Crippen LogP contribution < -0.4 is 4.90 Å². The molecule has 136 valence electrons. The highest BCUT2D eigenvalue weighted by molar-refractivity contribution is 5.86. The molecule has 1 aromatic rings. The molecule has 4 nitrogen and oxygen atoms in total. The molecule has 1 saturated heterocycles. The molecule has 0 spiro atoms. The molecular weight excluding hydrogens is 312 g/mol. The lowest BCUT2D eigenvalue weighted by Gasteiger charge is -2.36. The SMILES string of the molecule is Cc1cccc(N2CCN(C(=O)CCC(=O)C3CCCCC3)CC2)c1. The Morgan fingerprint density at radius 2 is 1.72 bits per heavy atom. The van der Waals surface area contributed by atoms with E-state index in [2.05, 4.69) is 36.1 Å². The van der Waals surface area contributed by atoms with E-state index in [4.69, 9.17) is 0 Å². The third kappa shape index (κ3) is 4.83. The van der Waals surface area contributed by atoms with Gasteiger partial charge in [0.15, 0.2) is 0 Å². The summed E-state index contributed by atoms with van der Waals surface area (Å²) in [6.07, 6.45) is 6.48. The maximum absolute atomic E-state index is 12.4. The molecule has 0 unspecified atom stereocenters. The zero-order chi connectivity index (χ0) is 17.6. The van der Waals surface area contributed by atoms with Gasteiger partial charge in [-0.25, -0.2) is 0 Å². The number of aryl methyl sites for hydroxylation is 1. The fourth-order valence-electron chi connectivity index (χ4n) is 4.06. The van der Waals surface area contributed by atoms with E-state index in [0.29, 0.717) is 18.6 Å². The van der Waals surface area contributed by atoms with E-state index >= 15 is 0 Å². The van der Waals surface area contributed by atoms with Crippen molar-refractivity contribution in [2.45, 2.75) is 51.9 Å². The van der Waals surface area contributed by atoms with Gasteiger partial charge in [0, 0.05) is 50.6 Å². The van der Waals surface area contributed by atoms with Crippen molar-refractivity contribution < 1.29 is 9.59 Å². The third-order valence-corrected chi connectivity index (χ3v) is 5.64. The molecule has 3 rings (SSSR count). The van der Waals surface area contributed by atoms with E-state index in [-0.39, 0.29) is 11.8 Å². The summed E-state index contributed by atoms with van der Waals surface area (Å²) in [5.74, 6) is 0.680. The van der Waals surface area contributed by atoms with Crippen LogP contribution in [0.15, 0.2) is 24.3 Å². The predicted molar refractivity (Wildman–Crippen MR) is 101 cm³/mol. The monoisotopic (exact) mass is 342 g/mol. The molecule has 1 aromatic carbocycles. The number of carbonyl (C=O) groups is 2. The summed E-state index contributed by atoms with van der Waals surface area (Å²) in [6, 6.07) is 8.51. The Hall–Kier alpha value is -1.84. The molecule has 0 N–H and O–H groups in total. The van der Waals surface area contributed by atoms with E-state index in [1.807, 2.05) is 4.90 Å². The zero-order valence-corrected chi connectivity index (χ0v) is 15.4. The maximum Gasteiger partial charge on any atom is 0.223 e. The lowest BCUT2D eigenvalue weighted by atomic mass is 9.85. The van der Waals surface area contributed by atoms with Crippen molar-refractivity contribution >= 4 is 17.4 Å². The number of amides is 1. The number of rotatable bonds is 5. The lowest BCUT2D eigenvalue weighted by molar-refractivity contribution is -0.134. The Bertz CT molecular complexity index is 600. The number of carbonyl (C=O) groups excluding carboxylic acids is 2. The van der Waals surface area contributed by atoms with Crippen molar-refractivity contribution in [3.63, 3.8) is 0 Å². The standard InChI is InChI=1S/C21H30N2O2/c1-17-6-5-9-19(16-17)22-12-14-23(15-13-22)21(25)11-10-20(24)18-7-3-2-4-8-18/h5-6,9,16,18H,2-4,7-8,10-15H2,1H3. The van der Waals surface area contributed by atoms with Gasteiger partial charge in [-0.1, -0.05) is 31.4 Å². The molecule has 25 heavy (non-hydrogen) atoms. The second kappa shape index (κ2) is 8.50. The van der Waals surface area contributed by atoms with Gasteiger partial charge in [-0.3, -0.25) is 9.59 Å². The van der Waals surface area contributed by atoms with Crippen molar-refractivity contribution in [1.29, 1.82) is 0 Å². The summed E-state index contributed by atoms with van der Waals surface area (Å²) in [6.45, 7) is 5.35. The normalized spacial score (nSPS) is 19.1. The first-order valence-corrected chi connectivity index (χ1v) is 9.75. The maximum atomic E-state index is 12.4. The van der Waals surface area contributed by atoms with Gasteiger partial charge in [-0.2, -0.15) is 0 Å². The smallest absolute Gasteiger partial charge is 0.223 e. The molecule has 4 heteroatoms. The fourth-order valence-corrected chi connectivity index (χ4v) is 4.06. The average molecular weight is 342 g/mol. The van der Waals surface area contributed by atoms with Gasteiger partial charge in [-0.05, 0) is 37.5 Å². The molecule has 1 saturated carbocycles. The van der Waals surface area contributed by atoms with Gasteiger partial charge in [0.1, 0.15) is 5.78 Å². The number of anilines is 1. The van der Waals surface area contributed by atoms with Crippen molar-refractivity contribution in [1.82, 2.24) is 4.90 Å². The number of piperazine rings is 1. The molecule has 0 atom stereocenters. The molecule has 1 aliphatic carbocycles. The summed E-state index contributed by atoms with van der Waals surface area (Å²) in [5, 5.41) is 0. The van der Waals surface area contributed by atoms with Crippen LogP contribution in [-0.2, 0) is 9.59 Å². The molecule has 0 aromatic heterocycles. The third-order valence-electron chi connectivity index (χ3n) is 5.64. The largest absolute Gasteiger partial charge is 0.368 e. The number of nitrogens with zero attached hydrogens (tertiary/aromatic N) is 2. The Labute approximate surface area is 151 Å². The minimum atomic E-state index is 0.146. The van der Waals surface area contributed by atoms with Gasteiger partial charge in [0.05, 0.1) is 0 Å². The zero-order valence-electron chi connectivity index (χ0n) is 15.4. The Morgan fingerprint density at radius 3 is 2.40 bits per heavy atom. The first-order chi connectivity index (χ1) is 12.1. The average Bonchev–Trinajstić information content (AvgIpc) is 2.66. The van der Waals surface area contributed by atoms with E-state index in [9.17, 15) is 9.59 Å². The molecule has 2 aliphatic rings. The summed E-state index contributed by atoms with van der Waals surface area (Å²) < 4.78 is 0. The van der Waals surface area contributed by atoms with Crippen molar-refractivity contribution in [3.05, 3.63) is 29.8 Å². The fraction of sp³-hybridized carbons (Fsp3) is 0.619. The van der Waals surface area contributed by atoms with Crippen LogP contribution in [0, 0.1) is 12.8 Å². The minimum absolute atomic E-state index is 0.146. The lowest BCUT2D eigenvalue weighted by Crippen LogP contribution is -2.48. The summed E-state index contributed by atoms with van der Waals surface area (Å²) >= 11 is 0. The van der Waals surface area contributed by atoms with Crippen molar-refractivity contribution in [3.8, 4) is 0 Å². The summed E-state index contributed by atoms with van der Waals surface area (Å²) in [7, 11) is 0. The van der Waals surface area contributed by atoms with Gasteiger partial charge in [0.25, 0.3) is 0 Å². The second-order valence-corrected chi connectivity index (χ2v) is 7.51. The van der Waals surface area contributed by atoms with E-state index < -0.39 is 0 Å². The summed E-state index contributed by atoms with van der Waals surface area (Å²) in [5.41, 5.74) is 2.50. The first kappa shape index (κ1) is 18.0. The quantitative estimate of drug-likeness (QED) is 0.821. The van der Waals surface area contributed by atoms with Crippen molar-refractivity contribution in [2.24, 2.45) is 5.92 Å². The molecule has 0 bridgehead atoms. The van der Waals surface area contributed by atoms with Crippen LogP contribution in [0.25, 0.3) is 0 Å². The molecule has 1 aliphatic heterocycles. The Morgan fingerprint density at radius 1 is 1.00 bits per heavy atom. The summed E-state index contributed by atoms with van der Waals surface area (Å²) in [4.78, 5) is 29.0. The molecule has 2 fully saturated rings. The molecular formula is C21H30N2O2. The van der Waals surface area contributed by atoms with E-state index in [0.717, 1.165) is 39.0 Å². The van der Waals surface area contributed by atoms with Crippen LogP contribution in [0.3, 0.4) is 0 Å². The Balaban J connectivity index is 1.43. The van der Waals surface area contributed by atoms with Crippen LogP contribution in [0.1, 0.15) is 50.5 Å². The van der Waals surface area contributed by atoms with Crippen LogP contribution >= 0.6 is 0 Å². The van der Waals surface area contributed by atoms with Gasteiger partial charge < -0.3 is 9.80 Å². The first-order valence-electron chi connectivity index (χ1n) is 9.75. The topological polar surface area (TPSA) is 40.6 Å². The van der Waals surface area contributed by atoms with E-state index in [1.54, 1.807) is 0 Å². The number of Topliss-reactive ketones (excluding diaryl/α,β-unsaturated/α-hetero) is 1. The van der Waals surface area contributed by atoms with Crippen LogP contribution in [-0.4, -0.2) is 42.8 Å². The minimum Gasteiger partial charge on any atom is -0.368 e. The highest BCUT2D eigenvalue weighted by Crippen LogP contribution is 2.26. The highest BCUT2D eigenvalue weighted by Gasteiger charge is 2.24. The van der Waals surface area contributed by atoms with Gasteiger partial charge >= 0.3 is 0 Å². The van der Waals surface area contributed by atoms with E-state index in [1.165, 1.54) is 30.5 Å². The van der Waals surface area contributed by atoms with Crippen molar-refractivity contribution in [2.75, 3.05) is 31.1 Å². The number of ketones is 1. The molecule has 1 heterocycles. The highest BCUT2D eigenvalue weighted by atomic mass is 16.2. The van der Waals surface area contributed by atoms with Gasteiger partial charge in [0.2, 0.25) is 5.91 Å². The van der Waals surface area contributed by atoms with Gasteiger partial charge in [-0.15, -0.1) is 0 Å². The molecule has 0 radical (unpaired) electrons.